The number of aliphatic hydroxyl groups excluding tert-OH is 1. The van der Waals surface area contributed by atoms with Crippen molar-refractivity contribution in [3.8, 4) is 0 Å². The number of amides is 1. The monoisotopic (exact) mass is 274 g/mol. The summed E-state index contributed by atoms with van der Waals surface area (Å²) in [5.74, 6) is 1.66. The number of carbonyl (C=O) groups excluding carboxylic acids is 1. The Labute approximate surface area is 115 Å². The zero-order chi connectivity index (χ0) is 13.5. The number of β-amino-alcohol motifs (C(OH)–C–C–N with tert-alkyl or cyclic N) is 1. The molecule has 5 heteroatoms. The van der Waals surface area contributed by atoms with Crippen LogP contribution in [0.5, 0.6) is 0 Å². The summed E-state index contributed by atoms with van der Waals surface area (Å²) < 4.78 is 0. The van der Waals surface area contributed by atoms with Crippen LogP contribution in [0.3, 0.4) is 0 Å². The van der Waals surface area contributed by atoms with E-state index in [4.69, 9.17) is 5.11 Å². The molecule has 0 spiro atoms. The molecule has 0 aromatic heterocycles. The van der Waals surface area contributed by atoms with Crippen LogP contribution >= 0.6 is 11.8 Å². The minimum atomic E-state index is 0.0967. The van der Waals surface area contributed by atoms with Crippen LogP contribution in [-0.2, 0) is 4.79 Å². The summed E-state index contributed by atoms with van der Waals surface area (Å²) in [5, 5.41) is 9.00. The number of hydrogen-bond acceptors (Lipinski definition) is 4. The molecule has 1 atom stereocenters. The van der Waals surface area contributed by atoms with Crippen molar-refractivity contribution in [2.45, 2.75) is 26.0 Å². The van der Waals surface area contributed by atoms with Gasteiger partial charge >= 0.3 is 0 Å². The molecule has 1 aliphatic heterocycles. The first-order chi connectivity index (χ1) is 8.60. The van der Waals surface area contributed by atoms with Gasteiger partial charge in [0.2, 0.25) is 5.91 Å². The quantitative estimate of drug-likeness (QED) is 0.781. The lowest BCUT2D eigenvalue weighted by Gasteiger charge is -2.36. The molecule has 1 rings (SSSR count). The Kier molecular flexibility index (Phi) is 7.04. The number of piperazine rings is 1. The largest absolute Gasteiger partial charge is 0.395 e. The van der Waals surface area contributed by atoms with Gasteiger partial charge in [-0.2, -0.15) is 0 Å². The average molecular weight is 274 g/mol. The molecule has 0 aromatic carbocycles. The fourth-order valence-electron chi connectivity index (χ4n) is 2.24. The van der Waals surface area contributed by atoms with E-state index in [2.05, 4.69) is 25.7 Å². The third-order valence-electron chi connectivity index (χ3n) is 3.30. The fourth-order valence-corrected chi connectivity index (χ4v) is 3.28. The molecule has 1 unspecified atom stereocenters. The summed E-state index contributed by atoms with van der Waals surface area (Å²) in [4.78, 5) is 16.6. The van der Waals surface area contributed by atoms with Gasteiger partial charge in [-0.3, -0.25) is 9.69 Å². The number of aliphatic hydroxyl groups is 1. The van der Waals surface area contributed by atoms with Crippen molar-refractivity contribution < 1.29 is 9.90 Å². The Morgan fingerprint density at radius 3 is 2.33 bits per heavy atom. The van der Waals surface area contributed by atoms with Gasteiger partial charge in [0.05, 0.1) is 11.9 Å². The molecule has 4 nitrogen and oxygen atoms in total. The zero-order valence-corrected chi connectivity index (χ0v) is 12.6. The zero-order valence-electron chi connectivity index (χ0n) is 11.8. The topological polar surface area (TPSA) is 43.8 Å². The molecule has 1 fully saturated rings. The van der Waals surface area contributed by atoms with Gasteiger partial charge in [-0.15, -0.1) is 11.8 Å². The maximum absolute atomic E-state index is 12.4. The summed E-state index contributed by atoms with van der Waals surface area (Å²) in [6, 6.07) is 0. The van der Waals surface area contributed by atoms with Gasteiger partial charge in [0.15, 0.2) is 0 Å². The van der Waals surface area contributed by atoms with Gasteiger partial charge in [0.1, 0.15) is 0 Å². The van der Waals surface area contributed by atoms with E-state index in [-0.39, 0.29) is 11.9 Å². The second-order valence-corrected chi connectivity index (χ2v) is 6.43. The summed E-state index contributed by atoms with van der Waals surface area (Å²) in [7, 11) is 0. The lowest BCUT2D eigenvalue weighted by molar-refractivity contribution is -0.133. The smallest absolute Gasteiger partial charge is 0.236 e. The SMILES string of the molecule is CCSC(C(=O)N1CCN(CCO)CC1)C(C)C. The van der Waals surface area contributed by atoms with Crippen molar-refractivity contribution in [1.82, 2.24) is 9.80 Å². The van der Waals surface area contributed by atoms with Gasteiger partial charge in [0, 0.05) is 32.7 Å². The minimum Gasteiger partial charge on any atom is -0.395 e. The van der Waals surface area contributed by atoms with Crippen molar-refractivity contribution >= 4 is 17.7 Å². The molecule has 106 valence electrons. The lowest BCUT2D eigenvalue weighted by Crippen LogP contribution is -2.52. The highest BCUT2D eigenvalue weighted by atomic mass is 32.2. The standard InChI is InChI=1S/C13H26N2O2S/c1-4-18-12(11(2)3)13(17)15-7-5-14(6-8-15)9-10-16/h11-12,16H,4-10H2,1-3H3. The first-order valence-corrected chi connectivity index (χ1v) is 7.88. The third-order valence-corrected chi connectivity index (χ3v) is 4.73. The molecule has 0 saturated carbocycles. The van der Waals surface area contributed by atoms with E-state index in [0.29, 0.717) is 11.8 Å². The van der Waals surface area contributed by atoms with Crippen LogP contribution in [0.25, 0.3) is 0 Å². The number of carbonyl (C=O) groups is 1. The predicted molar refractivity (Wildman–Crippen MR) is 76.9 cm³/mol. The number of hydrogen-bond donors (Lipinski definition) is 1. The van der Waals surface area contributed by atoms with Crippen molar-refractivity contribution in [2.75, 3.05) is 45.1 Å². The van der Waals surface area contributed by atoms with E-state index < -0.39 is 0 Å². The molecule has 1 aliphatic rings. The molecule has 1 heterocycles. The van der Waals surface area contributed by atoms with Gasteiger partial charge < -0.3 is 10.0 Å². The third kappa shape index (κ3) is 4.44. The highest BCUT2D eigenvalue weighted by Gasteiger charge is 2.29. The van der Waals surface area contributed by atoms with Crippen molar-refractivity contribution in [1.29, 1.82) is 0 Å². The Hall–Kier alpha value is -0.260. The van der Waals surface area contributed by atoms with Crippen LogP contribution in [0.2, 0.25) is 0 Å². The van der Waals surface area contributed by atoms with E-state index in [0.717, 1.165) is 38.5 Å². The van der Waals surface area contributed by atoms with Crippen molar-refractivity contribution in [3.05, 3.63) is 0 Å². The molecule has 1 amide bonds. The van der Waals surface area contributed by atoms with Gasteiger partial charge in [-0.1, -0.05) is 20.8 Å². The molecular formula is C13H26N2O2S. The van der Waals surface area contributed by atoms with E-state index in [1.807, 2.05) is 4.90 Å². The van der Waals surface area contributed by atoms with Gasteiger partial charge in [-0.25, -0.2) is 0 Å². The maximum atomic E-state index is 12.4. The van der Waals surface area contributed by atoms with Gasteiger partial charge in [-0.05, 0) is 11.7 Å². The Morgan fingerprint density at radius 1 is 1.28 bits per heavy atom. The Morgan fingerprint density at radius 2 is 1.89 bits per heavy atom. The van der Waals surface area contributed by atoms with Gasteiger partial charge in [0.25, 0.3) is 0 Å². The molecule has 1 saturated heterocycles. The highest BCUT2D eigenvalue weighted by molar-refractivity contribution is 8.00. The van der Waals surface area contributed by atoms with Crippen LogP contribution in [0, 0.1) is 5.92 Å². The van der Waals surface area contributed by atoms with Crippen LogP contribution in [0.1, 0.15) is 20.8 Å². The molecule has 18 heavy (non-hydrogen) atoms. The van der Waals surface area contributed by atoms with E-state index in [1.165, 1.54) is 0 Å². The van der Waals surface area contributed by atoms with E-state index in [1.54, 1.807) is 11.8 Å². The van der Waals surface area contributed by atoms with Crippen molar-refractivity contribution in [3.63, 3.8) is 0 Å². The molecule has 1 N–H and O–H groups in total. The molecule has 0 aromatic rings. The fraction of sp³-hybridized carbons (Fsp3) is 0.923. The molecule has 0 aliphatic carbocycles. The first kappa shape index (κ1) is 15.8. The maximum Gasteiger partial charge on any atom is 0.236 e. The predicted octanol–water partition coefficient (Wildman–Crippen LogP) is 0.901. The minimum absolute atomic E-state index is 0.0967. The highest BCUT2D eigenvalue weighted by Crippen LogP contribution is 2.22. The van der Waals surface area contributed by atoms with Crippen LogP contribution in [0.4, 0.5) is 0 Å². The van der Waals surface area contributed by atoms with Crippen LogP contribution in [0.15, 0.2) is 0 Å². The average Bonchev–Trinajstić information content (AvgIpc) is 2.36. The Bertz CT molecular complexity index is 253. The van der Waals surface area contributed by atoms with E-state index >= 15 is 0 Å². The second kappa shape index (κ2) is 8.02. The number of thioether (sulfide) groups is 1. The first-order valence-electron chi connectivity index (χ1n) is 6.83. The van der Waals surface area contributed by atoms with Crippen LogP contribution in [-0.4, -0.2) is 71.1 Å². The second-order valence-electron chi connectivity index (χ2n) is 5.01. The summed E-state index contributed by atoms with van der Waals surface area (Å²) in [6.07, 6.45) is 0. The summed E-state index contributed by atoms with van der Waals surface area (Å²) in [5.41, 5.74) is 0. The van der Waals surface area contributed by atoms with Crippen molar-refractivity contribution in [2.24, 2.45) is 5.92 Å². The number of rotatable bonds is 6. The summed E-state index contributed by atoms with van der Waals surface area (Å²) >= 11 is 1.75. The molecule has 0 bridgehead atoms. The van der Waals surface area contributed by atoms with Crippen LogP contribution < -0.4 is 0 Å². The molecular weight excluding hydrogens is 248 g/mol. The summed E-state index contributed by atoms with van der Waals surface area (Å²) in [6.45, 7) is 10.6. The normalized spacial score (nSPS) is 19.3. The lowest BCUT2D eigenvalue weighted by atomic mass is 10.1. The number of nitrogens with zero attached hydrogens (tertiary/aromatic N) is 2. The molecule has 0 radical (unpaired) electrons. The van der Waals surface area contributed by atoms with E-state index in [9.17, 15) is 4.79 Å². The Balaban J connectivity index is 2.47.